The van der Waals surface area contributed by atoms with E-state index in [9.17, 15) is 19.4 Å². The van der Waals surface area contributed by atoms with E-state index < -0.39 is 23.8 Å². The van der Waals surface area contributed by atoms with Crippen molar-refractivity contribution in [1.29, 1.82) is 0 Å². The van der Waals surface area contributed by atoms with E-state index in [1.165, 1.54) is 0 Å². The normalized spacial score (nSPS) is 17.1. The Balaban J connectivity index is 1.31. The molecule has 2 atom stereocenters. The molecule has 1 saturated heterocycles. The molecule has 1 fully saturated rings. The van der Waals surface area contributed by atoms with Gasteiger partial charge < -0.3 is 15.1 Å². The summed E-state index contributed by atoms with van der Waals surface area (Å²) in [6.07, 6.45) is -2.47. The van der Waals surface area contributed by atoms with Crippen LogP contribution < -0.4 is 0 Å². The average Bonchev–Trinajstić information content (AvgIpc) is 2.93. The Morgan fingerprint density at radius 2 is 1.31 bits per heavy atom. The molecule has 0 amide bonds. The molecule has 2 unspecified atom stereocenters. The van der Waals surface area contributed by atoms with Crippen molar-refractivity contribution in [3.8, 4) is 0 Å². The van der Waals surface area contributed by atoms with Crippen LogP contribution in [0.3, 0.4) is 0 Å². The van der Waals surface area contributed by atoms with Crippen LogP contribution in [0.4, 0.5) is 4.39 Å². The molecule has 1 aliphatic rings. The van der Waals surface area contributed by atoms with Crippen LogP contribution in [-0.4, -0.2) is 70.9 Å². The molecule has 5 nitrogen and oxygen atoms in total. The summed E-state index contributed by atoms with van der Waals surface area (Å²) >= 11 is 0. The van der Waals surface area contributed by atoms with Gasteiger partial charge in [-0.15, -0.1) is 0 Å². The SMILES string of the molecule is O=C(c1ccccc1)C(O)CC(F)N1CCN(CCC(O)(c2ccccc2)c2ccccc2)CC1. The van der Waals surface area contributed by atoms with Crippen molar-refractivity contribution in [3.63, 3.8) is 0 Å². The van der Waals surface area contributed by atoms with Gasteiger partial charge in [0.1, 0.15) is 11.7 Å². The van der Waals surface area contributed by atoms with Gasteiger partial charge in [0, 0.05) is 44.7 Å². The van der Waals surface area contributed by atoms with Crippen LogP contribution in [0.2, 0.25) is 0 Å². The van der Waals surface area contributed by atoms with E-state index in [1.54, 1.807) is 35.2 Å². The lowest BCUT2D eigenvalue weighted by Gasteiger charge is -2.38. The monoisotopic (exact) mass is 476 g/mol. The second-order valence-electron chi connectivity index (χ2n) is 9.14. The molecule has 2 N–H and O–H groups in total. The van der Waals surface area contributed by atoms with Crippen molar-refractivity contribution in [2.75, 3.05) is 32.7 Å². The Labute approximate surface area is 206 Å². The van der Waals surface area contributed by atoms with Gasteiger partial charge in [-0.3, -0.25) is 9.69 Å². The quantitative estimate of drug-likeness (QED) is 0.344. The number of alkyl halides is 1. The number of ketones is 1. The van der Waals surface area contributed by atoms with E-state index in [2.05, 4.69) is 4.90 Å². The van der Waals surface area contributed by atoms with E-state index in [0.717, 1.165) is 11.1 Å². The third kappa shape index (κ3) is 6.21. The number of hydrogen-bond donors (Lipinski definition) is 2. The summed E-state index contributed by atoms with van der Waals surface area (Å²) in [4.78, 5) is 16.3. The predicted octanol–water partition coefficient (Wildman–Crippen LogP) is 3.86. The third-order valence-electron chi connectivity index (χ3n) is 6.87. The molecule has 35 heavy (non-hydrogen) atoms. The van der Waals surface area contributed by atoms with Gasteiger partial charge in [0.25, 0.3) is 0 Å². The summed E-state index contributed by atoms with van der Waals surface area (Å²) in [5, 5.41) is 22.0. The van der Waals surface area contributed by atoms with Crippen LogP contribution >= 0.6 is 0 Å². The summed E-state index contributed by atoms with van der Waals surface area (Å²) in [6.45, 7) is 2.98. The third-order valence-corrected chi connectivity index (χ3v) is 6.87. The second-order valence-corrected chi connectivity index (χ2v) is 9.14. The van der Waals surface area contributed by atoms with Crippen LogP contribution in [0.25, 0.3) is 0 Å². The zero-order valence-electron chi connectivity index (χ0n) is 19.8. The van der Waals surface area contributed by atoms with Crippen LogP contribution in [0.5, 0.6) is 0 Å². The van der Waals surface area contributed by atoms with E-state index in [1.807, 2.05) is 60.7 Å². The molecule has 0 radical (unpaired) electrons. The van der Waals surface area contributed by atoms with Gasteiger partial charge in [-0.05, 0) is 17.5 Å². The lowest BCUT2D eigenvalue weighted by atomic mass is 9.83. The van der Waals surface area contributed by atoms with E-state index in [4.69, 9.17) is 0 Å². The van der Waals surface area contributed by atoms with Crippen molar-refractivity contribution in [3.05, 3.63) is 108 Å². The Kier molecular flexibility index (Phi) is 8.42. The number of piperazine rings is 1. The maximum Gasteiger partial charge on any atom is 0.191 e. The van der Waals surface area contributed by atoms with Gasteiger partial charge in [0.2, 0.25) is 0 Å². The standard InChI is InChI=1S/C29H33FN2O3/c30-27(22-26(33)28(34)23-10-4-1-5-11-23)32-20-18-31(19-21-32)17-16-29(35,24-12-6-2-7-13-24)25-14-8-3-9-15-25/h1-15,26-27,33,35H,16-22H2. The first-order valence-electron chi connectivity index (χ1n) is 12.2. The minimum Gasteiger partial charge on any atom is -0.385 e. The van der Waals surface area contributed by atoms with Crippen LogP contribution in [0.15, 0.2) is 91.0 Å². The van der Waals surface area contributed by atoms with E-state index in [0.29, 0.717) is 44.7 Å². The molecule has 0 saturated carbocycles. The molecule has 6 heteroatoms. The number of Topliss-reactive ketones (excluding diaryl/α,β-unsaturated/α-hetero) is 1. The Hall–Kier alpha value is -2.90. The maximum absolute atomic E-state index is 14.9. The van der Waals surface area contributed by atoms with Crippen molar-refractivity contribution in [1.82, 2.24) is 9.80 Å². The highest BCUT2D eigenvalue weighted by Crippen LogP contribution is 2.33. The summed E-state index contributed by atoms with van der Waals surface area (Å²) < 4.78 is 14.9. The molecule has 0 aromatic heterocycles. The molecule has 184 valence electrons. The highest BCUT2D eigenvalue weighted by atomic mass is 19.1. The van der Waals surface area contributed by atoms with E-state index >= 15 is 0 Å². The highest BCUT2D eigenvalue weighted by molar-refractivity contribution is 5.99. The Morgan fingerprint density at radius 1 is 0.829 bits per heavy atom. The fourth-order valence-corrected chi connectivity index (χ4v) is 4.71. The molecular formula is C29H33FN2O3. The smallest absolute Gasteiger partial charge is 0.191 e. The highest BCUT2D eigenvalue weighted by Gasteiger charge is 2.33. The van der Waals surface area contributed by atoms with Crippen molar-refractivity contribution >= 4 is 5.78 Å². The number of hydrogen-bond acceptors (Lipinski definition) is 5. The molecule has 1 aliphatic heterocycles. The predicted molar refractivity (Wildman–Crippen MR) is 135 cm³/mol. The number of carbonyl (C=O) groups excluding carboxylic acids is 1. The molecule has 0 aliphatic carbocycles. The molecule has 3 aromatic carbocycles. The van der Waals surface area contributed by atoms with Gasteiger partial charge in [0.15, 0.2) is 12.1 Å². The largest absolute Gasteiger partial charge is 0.385 e. The molecule has 4 rings (SSSR count). The zero-order chi connectivity index (χ0) is 24.7. The summed E-state index contributed by atoms with van der Waals surface area (Å²) in [5.74, 6) is -0.451. The van der Waals surface area contributed by atoms with Gasteiger partial charge >= 0.3 is 0 Å². The van der Waals surface area contributed by atoms with Crippen molar-refractivity contribution < 1.29 is 19.4 Å². The summed E-state index contributed by atoms with van der Waals surface area (Å²) in [5.41, 5.74) is 0.988. The first-order chi connectivity index (χ1) is 17.0. The topological polar surface area (TPSA) is 64.0 Å². The number of carbonyl (C=O) groups is 1. The Morgan fingerprint density at radius 3 is 1.83 bits per heavy atom. The van der Waals surface area contributed by atoms with Crippen LogP contribution in [0, 0.1) is 0 Å². The fraction of sp³-hybridized carbons (Fsp3) is 0.345. The van der Waals surface area contributed by atoms with Gasteiger partial charge in [-0.2, -0.15) is 0 Å². The minimum atomic E-state index is -1.38. The first kappa shape index (κ1) is 25.2. The lowest BCUT2D eigenvalue weighted by molar-refractivity contribution is -0.00458. The molecule has 1 heterocycles. The number of aliphatic hydroxyl groups is 2. The minimum absolute atomic E-state index is 0.241. The molecule has 0 bridgehead atoms. The average molecular weight is 477 g/mol. The first-order valence-corrected chi connectivity index (χ1v) is 12.2. The molecule has 0 spiro atoms. The van der Waals surface area contributed by atoms with Crippen LogP contribution in [0.1, 0.15) is 34.3 Å². The van der Waals surface area contributed by atoms with Gasteiger partial charge in [-0.25, -0.2) is 4.39 Å². The van der Waals surface area contributed by atoms with Crippen molar-refractivity contribution in [2.24, 2.45) is 0 Å². The number of halogens is 1. The van der Waals surface area contributed by atoms with Crippen LogP contribution in [-0.2, 0) is 5.60 Å². The number of aliphatic hydroxyl groups excluding tert-OH is 1. The Bertz CT molecular complexity index is 1020. The second kappa shape index (κ2) is 11.7. The molecule has 3 aromatic rings. The van der Waals surface area contributed by atoms with Crippen molar-refractivity contribution in [2.45, 2.75) is 30.8 Å². The lowest BCUT2D eigenvalue weighted by Crippen LogP contribution is -2.51. The summed E-state index contributed by atoms with van der Waals surface area (Å²) in [7, 11) is 0. The van der Waals surface area contributed by atoms with Gasteiger partial charge in [0.05, 0.1) is 0 Å². The summed E-state index contributed by atoms with van der Waals surface area (Å²) in [6, 6.07) is 27.9. The van der Waals surface area contributed by atoms with Gasteiger partial charge in [-0.1, -0.05) is 91.0 Å². The number of nitrogens with zero attached hydrogens (tertiary/aromatic N) is 2. The van der Waals surface area contributed by atoms with E-state index in [-0.39, 0.29) is 6.42 Å². The molecular weight excluding hydrogens is 443 g/mol. The number of rotatable bonds is 10. The zero-order valence-corrected chi connectivity index (χ0v) is 19.8. The fourth-order valence-electron chi connectivity index (χ4n) is 4.71. The number of benzene rings is 3. The maximum atomic E-state index is 14.9.